The van der Waals surface area contributed by atoms with E-state index in [4.69, 9.17) is 4.74 Å². The molecule has 1 aliphatic heterocycles. The van der Waals surface area contributed by atoms with Crippen LogP contribution in [-0.2, 0) is 9.53 Å². The van der Waals surface area contributed by atoms with Gasteiger partial charge >= 0.3 is 6.03 Å². The van der Waals surface area contributed by atoms with E-state index in [-0.39, 0.29) is 24.6 Å². The summed E-state index contributed by atoms with van der Waals surface area (Å²) in [7, 11) is 0. The van der Waals surface area contributed by atoms with Crippen LogP contribution in [0, 0.1) is 6.92 Å². The number of carbonyl (C=O) groups is 2. The van der Waals surface area contributed by atoms with E-state index in [1.165, 1.54) is 0 Å². The minimum Gasteiger partial charge on any atom is -0.365 e. The molecule has 1 heterocycles. The Kier molecular flexibility index (Phi) is 5.77. The number of nitrogens with one attached hydrogen (secondary N) is 2. The standard InChI is InChI=1S/C16H23N3O3/c1-3-7-17-16(21)18-9-14-10-19(15(20)11-22-14)13-6-4-5-12(2)8-13/h4-6,8,14H,3,7,9-11H2,1-2H3,(H2,17,18,21). The van der Waals surface area contributed by atoms with Gasteiger partial charge in [-0.2, -0.15) is 0 Å². The molecule has 2 N–H and O–H groups in total. The molecule has 1 unspecified atom stereocenters. The molecule has 1 aliphatic rings. The Bertz CT molecular complexity index is 533. The second-order valence-corrected chi connectivity index (χ2v) is 5.41. The SMILES string of the molecule is CCCNC(=O)NCC1CN(c2cccc(C)c2)C(=O)CO1. The predicted octanol–water partition coefficient (Wildman–Crippen LogP) is 1.44. The predicted molar refractivity (Wildman–Crippen MR) is 85.0 cm³/mol. The van der Waals surface area contributed by atoms with Gasteiger partial charge in [0.1, 0.15) is 6.61 Å². The molecular weight excluding hydrogens is 282 g/mol. The molecule has 0 spiro atoms. The highest BCUT2D eigenvalue weighted by atomic mass is 16.5. The summed E-state index contributed by atoms with van der Waals surface area (Å²) in [5.41, 5.74) is 1.97. The highest BCUT2D eigenvalue weighted by Gasteiger charge is 2.27. The van der Waals surface area contributed by atoms with E-state index in [1.807, 2.05) is 38.1 Å². The van der Waals surface area contributed by atoms with E-state index in [2.05, 4.69) is 10.6 Å². The molecule has 120 valence electrons. The Morgan fingerprint density at radius 3 is 2.95 bits per heavy atom. The topological polar surface area (TPSA) is 70.7 Å². The van der Waals surface area contributed by atoms with Crippen LogP contribution in [0.3, 0.4) is 0 Å². The Morgan fingerprint density at radius 1 is 1.41 bits per heavy atom. The molecule has 1 aromatic carbocycles. The lowest BCUT2D eigenvalue weighted by atomic mass is 10.1. The fraction of sp³-hybridized carbons (Fsp3) is 0.500. The van der Waals surface area contributed by atoms with E-state index < -0.39 is 0 Å². The number of ether oxygens (including phenoxy) is 1. The van der Waals surface area contributed by atoms with Crippen LogP contribution in [0.4, 0.5) is 10.5 Å². The van der Waals surface area contributed by atoms with Crippen molar-refractivity contribution >= 4 is 17.6 Å². The van der Waals surface area contributed by atoms with Gasteiger partial charge in [-0.05, 0) is 31.0 Å². The van der Waals surface area contributed by atoms with Gasteiger partial charge in [0.25, 0.3) is 5.91 Å². The highest BCUT2D eigenvalue weighted by Crippen LogP contribution is 2.19. The van der Waals surface area contributed by atoms with Crippen LogP contribution in [-0.4, -0.2) is 44.3 Å². The molecule has 6 nitrogen and oxygen atoms in total. The largest absolute Gasteiger partial charge is 0.365 e. The number of hydrogen-bond acceptors (Lipinski definition) is 3. The van der Waals surface area contributed by atoms with Crippen molar-refractivity contribution in [1.29, 1.82) is 0 Å². The number of morpholine rings is 1. The average molecular weight is 305 g/mol. The summed E-state index contributed by atoms with van der Waals surface area (Å²) in [5, 5.41) is 5.52. The number of benzene rings is 1. The van der Waals surface area contributed by atoms with Gasteiger partial charge in [-0.1, -0.05) is 19.1 Å². The minimum absolute atomic E-state index is 0.0386. The smallest absolute Gasteiger partial charge is 0.314 e. The summed E-state index contributed by atoms with van der Waals surface area (Å²) in [5.74, 6) is -0.0581. The number of nitrogens with zero attached hydrogens (tertiary/aromatic N) is 1. The van der Waals surface area contributed by atoms with Crippen LogP contribution in [0.15, 0.2) is 24.3 Å². The monoisotopic (exact) mass is 305 g/mol. The quantitative estimate of drug-likeness (QED) is 0.864. The lowest BCUT2D eigenvalue weighted by Gasteiger charge is -2.33. The normalized spacial score (nSPS) is 18.2. The molecule has 0 aromatic heterocycles. The Labute approximate surface area is 130 Å². The summed E-state index contributed by atoms with van der Waals surface area (Å²) in [6, 6.07) is 7.60. The molecule has 0 aliphatic carbocycles. The van der Waals surface area contributed by atoms with Crippen LogP contribution in [0.25, 0.3) is 0 Å². The number of hydrogen-bond donors (Lipinski definition) is 2. The summed E-state index contributed by atoms with van der Waals surface area (Å²) in [4.78, 5) is 25.3. The molecule has 1 atom stereocenters. The second kappa shape index (κ2) is 7.79. The molecule has 2 rings (SSSR count). The number of carbonyl (C=O) groups excluding carboxylic acids is 2. The number of urea groups is 1. The molecule has 1 fully saturated rings. The third-order valence-corrected chi connectivity index (χ3v) is 3.47. The van der Waals surface area contributed by atoms with Crippen LogP contribution in [0.5, 0.6) is 0 Å². The summed E-state index contributed by atoms with van der Waals surface area (Å²) in [6.07, 6.45) is 0.689. The van der Waals surface area contributed by atoms with Gasteiger partial charge in [-0.15, -0.1) is 0 Å². The fourth-order valence-corrected chi connectivity index (χ4v) is 2.30. The molecule has 0 bridgehead atoms. The zero-order valence-corrected chi connectivity index (χ0v) is 13.1. The van der Waals surface area contributed by atoms with Gasteiger partial charge in [0.05, 0.1) is 12.6 Å². The maximum atomic E-state index is 12.0. The first kappa shape index (κ1) is 16.3. The average Bonchev–Trinajstić information content (AvgIpc) is 2.52. The third kappa shape index (κ3) is 4.46. The summed E-state index contributed by atoms with van der Waals surface area (Å²) < 4.78 is 5.49. The maximum Gasteiger partial charge on any atom is 0.314 e. The Morgan fingerprint density at radius 2 is 2.23 bits per heavy atom. The van der Waals surface area contributed by atoms with E-state index >= 15 is 0 Å². The van der Waals surface area contributed by atoms with Crippen molar-refractivity contribution < 1.29 is 14.3 Å². The summed E-state index contributed by atoms with van der Waals surface area (Å²) in [6.45, 7) is 5.49. The van der Waals surface area contributed by atoms with Crippen LogP contribution in [0.2, 0.25) is 0 Å². The summed E-state index contributed by atoms with van der Waals surface area (Å²) >= 11 is 0. The minimum atomic E-state index is -0.204. The number of aryl methyl sites for hydroxylation is 1. The molecule has 1 aromatic rings. The van der Waals surface area contributed by atoms with Gasteiger partial charge in [-0.25, -0.2) is 4.79 Å². The Balaban J connectivity index is 1.91. The molecule has 22 heavy (non-hydrogen) atoms. The van der Waals surface area contributed by atoms with Crippen molar-refractivity contribution in [3.8, 4) is 0 Å². The lowest BCUT2D eigenvalue weighted by molar-refractivity contribution is -0.129. The van der Waals surface area contributed by atoms with E-state index in [0.29, 0.717) is 19.6 Å². The van der Waals surface area contributed by atoms with Gasteiger partial charge in [-0.3, -0.25) is 4.79 Å². The highest BCUT2D eigenvalue weighted by molar-refractivity contribution is 5.95. The molecule has 6 heteroatoms. The lowest BCUT2D eigenvalue weighted by Crippen LogP contribution is -2.51. The van der Waals surface area contributed by atoms with Gasteiger partial charge < -0.3 is 20.3 Å². The fourth-order valence-electron chi connectivity index (χ4n) is 2.30. The third-order valence-electron chi connectivity index (χ3n) is 3.47. The van der Waals surface area contributed by atoms with E-state index in [0.717, 1.165) is 17.7 Å². The molecule has 0 saturated carbocycles. The van der Waals surface area contributed by atoms with Crippen LogP contribution >= 0.6 is 0 Å². The van der Waals surface area contributed by atoms with E-state index in [1.54, 1.807) is 4.90 Å². The number of anilines is 1. The Hall–Kier alpha value is -2.08. The molecular formula is C16H23N3O3. The van der Waals surface area contributed by atoms with Crippen molar-refractivity contribution in [2.24, 2.45) is 0 Å². The van der Waals surface area contributed by atoms with Crippen molar-refractivity contribution in [3.05, 3.63) is 29.8 Å². The number of rotatable bonds is 5. The molecule has 3 amide bonds. The van der Waals surface area contributed by atoms with Crippen molar-refractivity contribution in [1.82, 2.24) is 10.6 Å². The van der Waals surface area contributed by atoms with Crippen LogP contribution < -0.4 is 15.5 Å². The molecule has 1 saturated heterocycles. The second-order valence-electron chi connectivity index (χ2n) is 5.41. The first-order valence-corrected chi connectivity index (χ1v) is 7.60. The first-order chi connectivity index (χ1) is 10.6. The first-order valence-electron chi connectivity index (χ1n) is 7.60. The molecule has 0 radical (unpaired) electrons. The van der Waals surface area contributed by atoms with Crippen molar-refractivity contribution in [2.45, 2.75) is 26.4 Å². The maximum absolute atomic E-state index is 12.0. The van der Waals surface area contributed by atoms with Crippen molar-refractivity contribution in [3.63, 3.8) is 0 Å². The van der Waals surface area contributed by atoms with Gasteiger partial charge in [0.15, 0.2) is 0 Å². The van der Waals surface area contributed by atoms with Crippen molar-refractivity contribution in [2.75, 3.05) is 31.1 Å². The van der Waals surface area contributed by atoms with E-state index in [9.17, 15) is 9.59 Å². The number of amides is 3. The van der Waals surface area contributed by atoms with Crippen LogP contribution in [0.1, 0.15) is 18.9 Å². The van der Waals surface area contributed by atoms with Gasteiger partial charge in [0, 0.05) is 18.8 Å². The zero-order valence-electron chi connectivity index (χ0n) is 13.1. The zero-order chi connectivity index (χ0) is 15.9. The van der Waals surface area contributed by atoms with Gasteiger partial charge in [0.2, 0.25) is 0 Å².